The Balaban J connectivity index is 2.10. The maximum absolute atomic E-state index is 10.1. The molecule has 18 heavy (non-hydrogen) atoms. The van der Waals surface area contributed by atoms with Gasteiger partial charge >= 0.3 is 0 Å². The van der Waals surface area contributed by atoms with E-state index in [-0.39, 0.29) is 0 Å². The maximum atomic E-state index is 10.1. The fraction of sp³-hybridized carbons (Fsp3) is 0.214. The van der Waals surface area contributed by atoms with Crippen LogP contribution in [0.4, 0.5) is 0 Å². The maximum Gasteiger partial charge on any atom is 0.129 e. The standard InChI is InChI=1S/C14H14ClNO2/c1-18-12-4-2-3-10(7-12)8-13(17)11-5-6-14(15)16-9-11/h2-7,9,13,17H,8H2,1H3. The Bertz CT molecular complexity index is 513. The Morgan fingerprint density at radius 2 is 2.17 bits per heavy atom. The third-order valence-electron chi connectivity index (χ3n) is 2.70. The van der Waals surface area contributed by atoms with E-state index in [2.05, 4.69) is 4.98 Å². The summed E-state index contributed by atoms with van der Waals surface area (Å²) >= 11 is 5.71. The molecule has 1 aromatic carbocycles. The molecule has 0 fully saturated rings. The number of rotatable bonds is 4. The minimum atomic E-state index is -0.595. The Morgan fingerprint density at radius 3 is 2.83 bits per heavy atom. The average molecular weight is 264 g/mol. The van der Waals surface area contributed by atoms with Gasteiger partial charge in [0.1, 0.15) is 10.9 Å². The number of nitrogens with zero attached hydrogens (tertiary/aromatic N) is 1. The molecule has 0 aliphatic heterocycles. The molecule has 0 aliphatic carbocycles. The lowest BCUT2D eigenvalue weighted by molar-refractivity contribution is 0.178. The van der Waals surface area contributed by atoms with Crippen LogP contribution < -0.4 is 4.74 Å². The molecule has 1 atom stereocenters. The normalized spacial score (nSPS) is 12.2. The minimum Gasteiger partial charge on any atom is -0.497 e. The van der Waals surface area contributed by atoms with Gasteiger partial charge in [-0.15, -0.1) is 0 Å². The van der Waals surface area contributed by atoms with E-state index in [0.29, 0.717) is 11.6 Å². The fourth-order valence-electron chi connectivity index (χ4n) is 1.72. The van der Waals surface area contributed by atoms with Gasteiger partial charge in [0.25, 0.3) is 0 Å². The van der Waals surface area contributed by atoms with Crippen molar-refractivity contribution < 1.29 is 9.84 Å². The first-order valence-corrected chi connectivity index (χ1v) is 5.99. The quantitative estimate of drug-likeness (QED) is 0.863. The number of benzene rings is 1. The highest BCUT2D eigenvalue weighted by Gasteiger charge is 2.09. The molecule has 0 amide bonds. The van der Waals surface area contributed by atoms with Crippen molar-refractivity contribution in [3.8, 4) is 5.75 Å². The van der Waals surface area contributed by atoms with Crippen LogP contribution in [-0.2, 0) is 6.42 Å². The van der Waals surface area contributed by atoms with Gasteiger partial charge in [-0.05, 0) is 29.3 Å². The first-order chi connectivity index (χ1) is 8.69. The van der Waals surface area contributed by atoms with E-state index in [0.717, 1.165) is 16.9 Å². The molecule has 0 spiro atoms. The van der Waals surface area contributed by atoms with Crippen LogP contribution in [0.2, 0.25) is 5.15 Å². The minimum absolute atomic E-state index is 0.423. The number of ether oxygens (including phenoxy) is 1. The molecule has 0 bridgehead atoms. The summed E-state index contributed by atoms with van der Waals surface area (Å²) < 4.78 is 5.15. The molecule has 1 aromatic heterocycles. The molecule has 0 aliphatic rings. The number of halogens is 1. The highest BCUT2D eigenvalue weighted by Crippen LogP contribution is 2.21. The Hall–Kier alpha value is -1.58. The lowest BCUT2D eigenvalue weighted by Crippen LogP contribution is -2.02. The van der Waals surface area contributed by atoms with Crippen LogP contribution >= 0.6 is 11.6 Å². The number of aliphatic hydroxyl groups excluding tert-OH is 1. The van der Waals surface area contributed by atoms with Gasteiger partial charge in [-0.3, -0.25) is 0 Å². The van der Waals surface area contributed by atoms with E-state index in [1.807, 2.05) is 24.3 Å². The van der Waals surface area contributed by atoms with Crippen LogP contribution in [0.15, 0.2) is 42.6 Å². The summed E-state index contributed by atoms with van der Waals surface area (Å²) in [5.41, 5.74) is 1.76. The molecule has 0 radical (unpaired) electrons. The van der Waals surface area contributed by atoms with Crippen molar-refractivity contribution in [1.82, 2.24) is 4.98 Å². The number of hydrogen-bond donors (Lipinski definition) is 1. The summed E-state index contributed by atoms with van der Waals surface area (Å²) in [5.74, 6) is 0.786. The number of pyridine rings is 1. The second-order valence-corrected chi connectivity index (χ2v) is 4.37. The van der Waals surface area contributed by atoms with E-state index in [4.69, 9.17) is 16.3 Å². The first-order valence-electron chi connectivity index (χ1n) is 5.61. The Morgan fingerprint density at radius 1 is 1.33 bits per heavy atom. The molecule has 1 N–H and O–H groups in total. The second-order valence-electron chi connectivity index (χ2n) is 3.99. The van der Waals surface area contributed by atoms with Crippen molar-refractivity contribution in [3.63, 3.8) is 0 Å². The van der Waals surface area contributed by atoms with E-state index < -0.39 is 6.10 Å². The van der Waals surface area contributed by atoms with Crippen molar-refractivity contribution in [1.29, 1.82) is 0 Å². The second kappa shape index (κ2) is 5.85. The van der Waals surface area contributed by atoms with Crippen molar-refractivity contribution >= 4 is 11.6 Å². The highest BCUT2D eigenvalue weighted by atomic mass is 35.5. The highest BCUT2D eigenvalue weighted by molar-refractivity contribution is 6.29. The zero-order chi connectivity index (χ0) is 13.0. The van der Waals surface area contributed by atoms with Gasteiger partial charge in [0.2, 0.25) is 0 Å². The van der Waals surface area contributed by atoms with Gasteiger partial charge in [-0.2, -0.15) is 0 Å². The predicted molar refractivity (Wildman–Crippen MR) is 70.9 cm³/mol. The van der Waals surface area contributed by atoms with Gasteiger partial charge in [0.05, 0.1) is 13.2 Å². The molecular weight excluding hydrogens is 250 g/mol. The van der Waals surface area contributed by atoms with E-state index in [1.165, 1.54) is 0 Å². The van der Waals surface area contributed by atoms with Crippen LogP contribution in [0.3, 0.4) is 0 Å². The summed E-state index contributed by atoms with van der Waals surface area (Å²) in [4.78, 5) is 3.96. The summed E-state index contributed by atoms with van der Waals surface area (Å²) in [6, 6.07) is 11.1. The predicted octanol–water partition coefficient (Wildman–Crippen LogP) is 3.02. The molecule has 3 nitrogen and oxygen atoms in total. The average Bonchev–Trinajstić information content (AvgIpc) is 2.39. The molecule has 0 saturated heterocycles. The van der Waals surface area contributed by atoms with Gasteiger partial charge in [-0.25, -0.2) is 4.98 Å². The van der Waals surface area contributed by atoms with Crippen LogP contribution in [-0.4, -0.2) is 17.2 Å². The number of aromatic nitrogens is 1. The zero-order valence-electron chi connectivity index (χ0n) is 10.0. The molecule has 1 unspecified atom stereocenters. The van der Waals surface area contributed by atoms with E-state index in [9.17, 15) is 5.11 Å². The first kappa shape index (κ1) is 12.9. The molecular formula is C14H14ClNO2. The monoisotopic (exact) mass is 263 g/mol. The number of hydrogen-bond acceptors (Lipinski definition) is 3. The topological polar surface area (TPSA) is 42.4 Å². The molecule has 4 heteroatoms. The van der Waals surface area contributed by atoms with E-state index in [1.54, 1.807) is 25.4 Å². The lowest BCUT2D eigenvalue weighted by atomic mass is 10.0. The molecule has 2 rings (SSSR count). The van der Waals surface area contributed by atoms with Gasteiger partial charge in [-0.1, -0.05) is 29.8 Å². The van der Waals surface area contributed by atoms with Crippen LogP contribution in [0.1, 0.15) is 17.2 Å². The number of aliphatic hydroxyl groups is 1. The van der Waals surface area contributed by atoms with Crippen molar-refractivity contribution in [2.75, 3.05) is 7.11 Å². The molecule has 2 aromatic rings. The number of methoxy groups -OCH3 is 1. The van der Waals surface area contributed by atoms with Crippen LogP contribution in [0.25, 0.3) is 0 Å². The third-order valence-corrected chi connectivity index (χ3v) is 2.92. The van der Waals surface area contributed by atoms with Gasteiger partial charge in [0.15, 0.2) is 0 Å². The summed E-state index contributed by atoms with van der Waals surface area (Å²) in [6.07, 6.45) is 1.51. The van der Waals surface area contributed by atoms with E-state index >= 15 is 0 Å². The van der Waals surface area contributed by atoms with Crippen molar-refractivity contribution in [2.24, 2.45) is 0 Å². The SMILES string of the molecule is COc1cccc(CC(O)c2ccc(Cl)nc2)c1. The van der Waals surface area contributed by atoms with Gasteiger partial charge < -0.3 is 9.84 Å². The van der Waals surface area contributed by atoms with Crippen molar-refractivity contribution in [2.45, 2.75) is 12.5 Å². The summed E-state index contributed by atoms with van der Waals surface area (Å²) in [5, 5.41) is 10.5. The van der Waals surface area contributed by atoms with Crippen LogP contribution in [0, 0.1) is 0 Å². The Kier molecular flexibility index (Phi) is 4.18. The lowest BCUT2D eigenvalue weighted by Gasteiger charge is -2.11. The zero-order valence-corrected chi connectivity index (χ0v) is 10.8. The third kappa shape index (κ3) is 3.22. The summed E-state index contributed by atoms with van der Waals surface area (Å²) in [6.45, 7) is 0. The van der Waals surface area contributed by atoms with Gasteiger partial charge in [0, 0.05) is 12.6 Å². The molecule has 0 saturated carbocycles. The largest absolute Gasteiger partial charge is 0.497 e. The molecule has 1 heterocycles. The summed E-state index contributed by atoms with van der Waals surface area (Å²) in [7, 11) is 1.62. The Labute approximate surface area is 111 Å². The molecule has 94 valence electrons. The smallest absolute Gasteiger partial charge is 0.129 e. The van der Waals surface area contributed by atoms with Crippen LogP contribution in [0.5, 0.6) is 5.75 Å². The van der Waals surface area contributed by atoms with Crippen molar-refractivity contribution in [3.05, 3.63) is 58.9 Å². The fourth-order valence-corrected chi connectivity index (χ4v) is 1.84.